The summed E-state index contributed by atoms with van der Waals surface area (Å²) < 4.78 is 5.96. The van der Waals surface area contributed by atoms with E-state index >= 15 is 0 Å². The number of para-hydroxylation sites is 2. The first-order chi connectivity index (χ1) is 9.66. The lowest BCUT2D eigenvalue weighted by molar-refractivity contribution is -0.484. The molecule has 0 radical (unpaired) electrons. The second-order valence-corrected chi connectivity index (χ2v) is 5.09. The number of ether oxygens (including phenoxy) is 1. The molecule has 0 spiro atoms. The number of rotatable bonds is 2. The van der Waals surface area contributed by atoms with Gasteiger partial charge in [-0.1, -0.05) is 43.3 Å². The predicted molar refractivity (Wildman–Crippen MR) is 76.0 cm³/mol. The van der Waals surface area contributed by atoms with Crippen molar-refractivity contribution in [1.82, 2.24) is 0 Å². The average Bonchev–Trinajstić information content (AvgIpc) is 2.55. The van der Waals surface area contributed by atoms with Crippen LogP contribution in [-0.2, 0) is 0 Å². The lowest BCUT2D eigenvalue weighted by Gasteiger charge is -2.19. The zero-order chi connectivity index (χ0) is 14.1. The van der Waals surface area contributed by atoms with Crippen molar-refractivity contribution >= 4 is 0 Å². The Kier molecular flexibility index (Phi) is 3.14. The molecule has 4 nitrogen and oxygen atoms in total. The van der Waals surface area contributed by atoms with Gasteiger partial charge >= 0.3 is 0 Å². The molecule has 0 fully saturated rings. The first-order valence-corrected chi connectivity index (χ1v) is 6.64. The lowest BCUT2D eigenvalue weighted by atomic mass is 9.83. The van der Waals surface area contributed by atoms with Gasteiger partial charge < -0.3 is 4.74 Å². The maximum Gasteiger partial charge on any atom is 0.211 e. The molecule has 0 unspecified atom stereocenters. The van der Waals surface area contributed by atoms with E-state index in [0.29, 0.717) is 0 Å². The molecular weight excluding hydrogens is 254 g/mol. The summed E-state index contributed by atoms with van der Waals surface area (Å²) in [5.74, 6) is 1.37. The van der Waals surface area contributed by atoms with Crippen LogP contribution in [0.25, 0.3) is 0 Å². The fraction of sp³-hybridized carbons (Fsp3) is 0.250. The van der Waals surface area contributed by atoms with E-state index in [0.717, 1.165) is 22.6 Å². The molecule has 3 rings (SSSR count). The van der Waals surface area contributed by atoms with E-state index in [1.807, 2.05) is 55.5 Å². The van der Waals surface area contributed by atoms with Crippen LogP contribution in [0.2, 0.25) is 0 Å². The van der Waals surface area contributed by atoms with Crippen molar-refractivity contribution in [3.63, 3.8) is 0 Å². The van der Waals surface area contributed by atoms with Crippen molar-refractivity contribution in [3.05, 3.63) is 69.8 Å². The maximum atomic E-state index is 11.0. The summed E-state index contributed by atoms with van der Waals surface area (Å²) in [5, 5.41) is 11.0. The van der Waals surface area contributed by atoms with Crippen molar-refractivity contribution < 1.29 is 9.66 Å². The van der Waals surface area contributed by atoms with Crippen molar-refractivity contribution in [2.45, 2.75) is 18.8 Å². The van der Waals surface area contributed by atoms with Crippen LogP contribution in [0.3, 0.4) is 0 Å². The molecule has 102 valence electrons. The van der Waals surface area contributed by atoms with E-state index in [2.05, 4.69) is 0 Å². The number of hydrogen-bond donors (Lipinski definition) is 0. The molecule has 0 bridgehead atoms. The van der Waals surface area contributed by atoms with Crippen LogP contribution >= 0.6 is 0 Å². The summed E-state index contributed by atoms with van der Waals surface area (Å²) in [7, 11) is 0. The fourth-order valence-electron chi connectivity index (χ4n) is 2.85. The van der Waals surface area contributed by atoms with E-state index in [1.165, 1.54) is 0 Å². The van der Waals surface area contributed by atoms with Gasteiger partial charge in [-0.15, -0.1) is 0 Å². The minimum absolute atomic E-state index is 0.0419. The highest BCUT2D eigenvalue weighted by molar-refractivity contribution is 5.49. The first kappa shape index (κ1) is 12.7. The molecule has 4 heteroatoms. The highest BCUT2D eigenvalue weighted by Crippen LogP contribution is 2.45. The molecule has 2 aromatic carbocycles. The molecule has 2 aromatic rings. The monoisotopic (exact) mass is 269 g/mol. The second kappa shape index (κ2) is 4.96. The van der Waals surface area contributed by atoms with Crippen molar-refractivity contribution in [2.75, 3.05) is 6.54 Å². The molecule has 0 amide bonds. The van der Waals surface area contributed by atoms with Gasteiger partial charge in [-0.3, -0.25) is 10.1 Å². The summed E-state index contributed by atoms with van der Waals surface area (Å²) in [5.41, 5.74) is 1.93. The molecule has 0 saturated carbocycles. The molecule has 0 aromatic heterocycles. The van der Waals surface area contributed by atoms with Gasteiger partial charge in [0.15, 0.2) is 0 Å². The summed E-state index contributed by atoms with van der Waals surface area (Å²) in [4.78, 5) is 10.8. The van der Waals surface area contributed by atoms with E-state index in [9.17, 15) is 10.1 Å². The van der Waals surface area contributed by atoms with Gasteiger partial charge in [0, 0.05) is 10.5 Å². The molecule has 1 aliphatic heterocycles. The number of nitro groups is 1. The van der Waals surface area contributed by atoms with Gasteiger partial charge in [0.25, 0.3) is 0 Å². The van der Waals surface area contributed by atoms with Gasteiger partial charge in [0.1, 0.15) is 11.5 Å². The Morgan fingerprint density at radius 1 is 1.05 bits per heavy atom. The largest absolute Gasteiger partial charge is 0.457 e. The topological polar surface area (TPSA) is 52.4 Å². The normalized spacial score (nSPS) is 20.2. The van der Waals surface area contributed by atoms with Gasteiger partial charge in [-0.05, 0) is 23.6 Å². The molecule has 0 N–H and O–H groups in total. The molecule has 2 atom stereocenters. The highest BCUT2D eigenvalue weighted by atomic mass is 16.6. The minimum Gasteiger partial charge on any atom is -0.457 e. The zero-order valence-electron chi connectivity index (χ0n) is 11.2. The first-order valence-electron chi connectivity index (χ1n) is 6.64. The smallest absolute Gasteiger partial charge is 0.211 e. The zero-order valence-corrected chi connectivity index (χ0v) is 11.2. The Balaban J connectivity index is 2.16. The number of hydrogen-bond acceptors (Lipinski definition) is 3. The molecule has 0 saturated heterocycles. The number of nitrogens with zero attached hydrogens (tertiary/aromatic N) is 1. The fourth-order valence-corrected chi connectivity index (χ4v) is 2.85. The Morgan fingerprint density at radius 2 is 1.60 bits per heavy atom. The van der Waals surface area contributed by atoms with Crippen LogP contribution in [0.1, 0.15) is 29.9 Å². The highest BCUT2D eigenvalue weighted by Gasteiger charge is 2.32. The van der Waals surface area contributed by atoms with Crippen molar-refractivity contribution in [3.8, 4) is 11.5 Å². The summed E-state index contributed by atoms with van der Waals surface area (Å²) in [6, 6.07) is 15.3. The van der Waals surface area contributed by atoms with E-state index < -0.39 is 0 Å². The molecule has 1 aliphatic rings. The standard InChI is InChI=1S/C16H15NO3/c1-11-12-6-2-4-8-15(12)20-16-9-5-3-7-13(16)14(11)10-17(18)19/h2-9,11,14H,10H2,1H3/t11-,14+/m0/s1. The SMILES string of the molecule is C[C@H]1c2ccccc2Oc2ccccc2[C@@H]1C[N+](=O)[O-]. The van der Waals surface area contributed by atoms with E-state index in [1.54, 1.807) is 0 Å². The Labute approximate surface area is 117 Å². The van der Waals surface area contributed by atoms with Crippen LogP contribution in [0.4, 0.5) is 0 Å². The second-order valence-electron chi connectivity index (χ2n) is 5.09. The minimum atomic E-state index is -0.244. The Bertz CT molecular complexity index is 654. The van der Waals surface area contributed by atoms with Crippen molar-refractivity contribution in [2.24, 2.45) is 0 Å². The van der Waals surface area contributed by atoms with Crippen LogP contribution in [0, 0.1) is 10.1 Å². The third kappa shape index (κ3) is 2.13. The van der Waals surface area contributed by atoms with E-state index in [-0.39, 0.29) is 23.3 Å². The third-order valence-electron chi connectivity index (χ3n) is 3.90. The summed E-state index contributed by atoms with van der Waals surface area (Å²) >= 11 is 0. The Morgan fingerprint density at radius 3 is 2.25 bits per heavy atom. The summed E-state index contributed by atoms with van der Waals surface area (Å²) in [6.45, 7) is 1.94. The molecule has 20 heavy (non-hydrogen) atoms. The third-order valence-corrected chi connectivity index (χ3v) is 3.90. The van der Waals surface area contributed by atoms with Gasteiger partial charge in [0.2, 0.25) is 6.54 Å². The summed E-state index contributed by atoms with van der Waals surface area (Å²) in [6.07, 6.45) is 0. The number of benzene rings is 2. The molecular formula is C16H15NO3. The predicted octanol–water partition coefficient (Wildman–Crippen LogP) is 3.96. The average molecular weight is 269 g/mol. The van der Waals surface area contributed by atoms with Gasteiger partial charge in [0.05, 0.1) is 5.92 Å². The Hall–Kier alpha value is -2.36. The van der Waals surface area contributed by atoms with Crippen LogP contribution in [0.15, 0.2) is 48.5 Å². The maximum absolute atomic E-state index is 11.0. The van der Waals surface area contributed by atoms with Gasteiger partial charge in [-0.2, -0.15) is 0 Å². The number of fused-ring (bicyclic) bond motifs is 2. The van der Waals surface area contributed by atoms with Crippen LogP contribution < -0.4 is 4.74 Å². The van der Waals surface area contributed by atoms with Crippen LogP contribution in [-0.4, -0.2) is 11.5 Å². The molecule has 0 aliphatic carbocycles. The van der Waals surface area contributed by atoms with E-state index in [4.69, 9.17) is 4.74 Å². The quantitative estimate of drug-likeness (QED) is 0.612. The van der Waals surface area contributed by atoms with Gasteiger partial charge in [-0.25, -0.2) is 0 Å². The lowest BCUT2D eigenvalue weighted by Crippen LogP contribution is -2.17. The van der Waals surface area contributed by atoms with Crippen molar-refractivity contribution in [1.29, 1.82) is 0 Å². The molecule has 1 heterocycles. The van der Waals surface area contributed by atoms with Crippen LogP contribution in [0.5, 0.6) is 11.5 Å².